The second kappa shape index (κ2) is 14.9. The molecule has 0 spiro atoms. The first-order valence-corrected chi connectivity index (χ1v) is 7.56. The molecule has 0 aromatic heterocycles. The molecule has 0 saturated carbocycles. The molecule has 0 unspecified atom stereocenters. The molecule has 0 heterocycles. The van der Waals surface area contributed by atoms with Gasteiger partial charge in [-0.3, -0.25) is 0 Å². The van der Waals surface area contributed by atoms with Crippen LogP contribution < -0.4 is 0 Å². The predicted molar refractivity (Wildman–Crippen MR) is 88.5 cm³/mol. The highest BCUT2D eigenvalue weighted by molar-refractivity contribution is 5.87. The zero-order valence-electron chi connectivity index (χ0n) is 13.6. The van der Waals surface area contributed by atoms with Gasteiger partial charge >= 0.3 is 5.97 Å². The van der Waals surface area contributed by atoms with Crippen molar-refractivity contribution in [1.29, 1.82) is 0 Å². The number of carbonyl (C=O) groups is 1. The lowest BCUT2D eigenvalue weighted by atomic mass is 10.1. The van der Waals surface area contributed by atoms with Gasteiger partial charge in [-0.2, -0.15) is 0 Å². The molecule has 4 heteroatoms. The normalized spacial score (nSPS) is 11.3. The lowest BCUT2D eigenvalue weighted by Crippen LogP contribution is -2.13. The molecule has 0 fully saturated rings. The molecule has 0 saturated heterocycles. The van der Waals surface area contributed by atoms with Crippen molar-refractivity contribution in [2.24, 2.45) is 0 Å². The number of rotatable bonds is 11. The molecule has 0 aromatic carbocycles. The van der Waals surface area contributed by atoms with Gasteiger partial charge in [0.1, 0.15) is 0 Å². The molecule has 0 N–H and O–H groups in total. The van der Waals surface area contributed by atoms with Crippen LogP contribution in [0.15, 0.2) is 11.6 Å². The maximum atomic E-state index is 11.6. The van der Waals surface area contributed by atoms with E-state index in [0.717, 1.165) is 31.4 Å². The van der Waals surface area contributed by atoms with Gasteiger partial charge < -0.3 is 9.64 Å². The first kappa shape index (κ1) is 21.8. The van der Waals surface area contributed by atoms with Crippen LogP contribution in [0.3, 0.4) is 0 Å². The predicted octanol–water partition coefficient (Wildman–Crippen LogP) is 4.21. The molecular weight excluding hydrogens is 274 g/mol. The molecule has 0 bridgehead atoms. The number of hydrogen-bond donors (Lipinski definition) is 0. The third-order valence-corrected chi connectivity index (χ3v) is 3.08. The van der Waals surface area contributed by atoms with Crippen molar-refractivity contribution < 1.29 is 9.53 Å². The number of carbonyl (C=O) groups excluding carboxylic acids is 1. The van der Waals surface area contributed by atoms with Gasteiger partial charge in [-0.1, -0.05) is 45.1 Å². The van der Waals surface area contributed by atoms with Gasteiger partial charge in [0.05, 0.1) is 6.61 Å². The minimum atomic E-state index is -0.160. The van der Waals surface area contributed by atoms with Crippen LogP contribution in [0.1, 0.15) is 58.8 Å². The number of halogens is 1. The van der Waals surface area contributed by atoms with Crippen LogP contribution in [-0.4, -0.2) is 38.1 Å². The highest BCUT2D eigenvalue weighted by Crippen LogP contribution is 2.06. The van der Waals surface area contributed by atoms with Crippen molar-refractivity contribution in [2.75, 3.05) is 27.2 Å². The molecule has 3 nitrogen and oxygen atoms in total. The first-order chi connectivity index (χ1) is 9.07. The van der Waals surface area contributed by atoms with E-state index in [1.807, 2.05) is 27.1 Å². The Bertz CT molecular complexity index is 265. The SMILES string of the molecule is CCCCCCCCOC(=O)C(C)=CCCN(C)C.Cl. The fourth-order valence-electron chi connectivity index (χ4n) is 1.78. The Balaban J connectivity index is 0. The van der Waals surface area contributed by atoms with E-state index in [-0.39, 0.29) is 18.4 Å². The van der Waals surface area contributed by atoms with Crippen LogP contribution in [0.2, 0.25) is 0 Å². The Kier molecular flexibility index (Phi) is 16.2. The van der Waals surface area contributed by atoms with Gasteiger partial charge in [0.15, 0.2) is 0 Å². The van der Waals surface area contributed by atoms with Crippen molar-refractivity contribution in [2.45, 2.75) is 58.8 Å². The maximum absolute atomic E-state index is 11.6. The Hall–Kier alpha value is -0.540. The Labute approximate surface area is 131 Å². The number of esters is 1. The minimum Gasteiger partial charge on any atom is -0.462 e. The molecule has 120 valence electrons. The average molecular weight is 306 g/mol. The molecule has 0 rings (SSSR count). The highest BCUT2D eigenvalue weighted by Gasteiger charge is 2.04. The number of nitrogens with zero attached hydrogens (tertiary/aromatic N) is 1. The molecule has 0 aliphatic heterocycles. The fraction of sp³-hybridized carbons (Fsp3) is 0.812. The van der Waals surface area contributed by atoms with Gasteiger partial charge in [-0.15, -0.1) is 12.4 Å². The van der Waals surface area contributed by atoms with E-state index in [4.69, 9.17) is 4.74 Å². The van der Waals surface area contributed by atoms with E-state index >= 15 is 0 Å². The number of unbranched alkanes of at least 4 members (excludes halogenated alkanes) is 5. The molecule has 20 heavy (non-hydrogen) atoms. The minimum absolute atomic E-state index is 0. The topological polar surface area (TPSA) is 29.5 Å². The van der Waals surface area contributed by atoms with Gasteiger partial charge in [-0.25, -0.2) is 4.79 Å². The fourth-order valence-corrected chi connectivity index (χ4v) is 1.78. The second-order valence-corrected chi connectivity index (χ2v) is 5.38. The van der Waals surface area contributed by atoms with Gasteiger partial charge in [0.2, 0.25) is 0 Å². The molecule has 0 aliphatic carbocycles. The smallest absolute Gasteiger partial charge is 0.333 e. The van der Waals surface area contributed by atoms with Crippen LogP contribution in [-0.2, 0) is 9.53 Å². The van der Waals surface area contributed by atoms with Gasteiger partial charge in [0.25, 0.3) is 0 Å². The van der Waals surface area contributed by atoms with Crippen molar-refractivity contribution >= 4 is 18.4 Å². The molecule has 0 aromatic rings. The molecular formula is C16H32ClNO2. The van der Waals surface area contributed by atoms with Crippen LogP contribution in [0, 0.1) is 0 Å². The third-order valence-electron chi connectivity index (χ3n) is 3.08. The quantitative estimate of drug-likeness (QED) is 0.325. The largest absolute Gasteiger partial charge is 0.462 e. The van der Waals surface area contributed by atoms with Crippen LogP contribution in [0.25, 0.3) is 0 Å². The van der Waals surface area contributed by atoms with Crippen LogP contribution >= 0.6 is 12.4 Å². The lowest BCUT2D eigenvalue weighted by molar-refractivity contribution is -0.139. The summed E-state index contributed by atoms with van der Waals surface area (Å²) in [6.45, 7) is 5.57. The molecule has 0 aliphatic rings. The van der Waals surface area contributed by atoms with E-state index in [0.29, 0.717) is 6.61 Å². The van der Waals surface area contributed by atoms with Crippen molar-refractivity contribution in [1.82, 2.24) is 4.90 Å². The zero-order valence-corrected chi connectivity index (χ0v) is 14.4. The third kappa shape index (κ3) is 13.9. The highest BCUT2D eigenvalue weighted by atomic mass is 35.5. The number of hydrogen-bond acceptors (Lipinski definition) is 3. The summed E-state index contributed by atoms with van der Waals surface area (Å²) in [6.07, 6.45) is 10.1. The summed E-state index contributed by atoms with van der Waals surface area (Å²) in [6, 6.07) is 0. The van der Waals surface area contributed by atoms with E-state index in [1.165, 1.54) is 25.7 Å². The van der Waals surface area contributed by atoms with Crippen molar-refractivity contribution in [3.05, 3.63) is 11.6 Å². The van der Waals surface area contributed by atoms with E-state index in [9.17, 15) is 4.79 Å². The van der Waals surface area contributed by atoms with Crippen LogP contribution in [0.4, 0.5) is 0 Å². The summed E-state index contributed by atoms with van der Waals surface area (Å²) in [5.41, 5.74) is 0.729. The molecule has 0 radical (unpaired) electrons. The van der Waals surface area contributed by atoms with Crippen molar-refractivity contribution in [3.63, 3.8) is 0 Å². The second-order valence-electron chi connectivity index (χ2n) is 5.38. The lowest BCUT2D eigenvalue weighted by Gasteiger charge is -2.08. The summed E-state index contributed by atoms with van der Waals surface area (Å²) >= 11 is 0. The Morgan fingerprint density at radius 2 is 1.70 bits per heavy atom. The van der Waals surface area contributed by atoms with E-state index in [2.05, 4.69) is 11.8 Å². The van der Waals surface area contributed by atoms with E-state index in [1.54, 1.807) is 0 Å². The summed E-state index contributed by atoms with van der Waals surface area (Å²) in [5, 5.41) is 0. The molecule has 0 amide bonds. The monoisotopic (exact) mass is 305 g/mol. The summed E-state index contributed by atoms with van der Waals surface area (Å²) in [4.78, 5) is 13.8. The van der Waals surface area contributed by atoms with Crippen molar-refractivity contribution in [3.8, 4) is 0 Å². The maximum Gasteiger partial charge on any atom is 0.333 e. The van der Waals surface area contributed by atoms with E-state index < -0.39 is 0 Å². The van der Waals surface area contributed by atoms with Gasteiger partial charge in [0, 0.05) is 12.1 Å². The standard InChI is InChI=1S/C16H31NO2.ClH/c1-5-6-7-8-9-10-14-19-16(18)15(2)12-11-13-17(3)4;/h12H,5-11,13-14H2,1-4H3;1H. The Morgan fingerprint density at radius 1 is 1.10 bits per heavy atom. The first-order valence-electron chi connectivity index (χ1n) is 7.56. The Morgan fingerprint density at radius 3 is 2.30 bits per heavy atom. The summed E-state index contributed by atoms with van der Waals surface area (Å²) in [5.74, 6) is -0.160. The zero-order chi connectivity index (χ0) is 14.5. The summed E-state index contributed by atoms with van der Waals surface area (Å²) < 4.78 is 5.25. The molecule has 0 atom stereocenters. The average Bonchev–Trinajstić information content (AvgIpc) is 2.36. The van der Waals surface area contributed by atoms with Gasteiger partial charge in [-0.05, 0) is 33.9 Å². The summed E-state index contributed by atoms with van der Waals surface area (Å²) in [7, 11) is 4.06. The number of ether oxygens (including phenoxy) is 1. The van der Waals surface area contributed by atoms with Crippen LogP contribution in [0.5, 0.6) is 0 Å².